The van der Waals surface area contributed by atoms with Gasteiger partial charge in [-0.1, -0.05) is 11.6 Å². The molecule has 2 aromatic heterocycles. The summed E-state index contributed by atoms with van der Waals surface area (Å²) in [7, 11) is 5.36. The fourth-order valence-corrected chi connectivity index (χ4v) is 2.66. The summed E-state index contributed by atoms with van der Waals surface area (Å²) in [6.45, 7) is 0. The van der Waals surface area contributed by atoms with Gasteiger partial charge in [0.25, 0.3) is 5.56 Å². The monoisotopic (exact) mass is 356 g/mol. The fraction of sp³-hybridized carbons (Fsp3) is 0.167. The molecular formula is C18H17ClN4O2. The van der Waals surface area contributed by atoms with Gasteiger partial charge in [0.15, 0.2) is 0 Å². The third-order valence-electron chi connectivity index (χ3n) is 3.74. The highest BCUT2D eigenvalue weighted by molar-refractivity contribution is 6.30. The molecule has 0 spiro atoms. The molecule has 0 radical (unpaired) electrons. The summed E-state index contributed by atoms with van der Waals surface area (Å²) >= 11 is 5.90. The molecule has 25 heavy (non-hydrogen) atoms. The Kier molecular flexibility index (Phi) is 4.72. The average molecular weight is 357 g/mol. The summed E-state index contributed by atoms with van der Waals surface area (Å²) in [5, 5.41) is 0.608. The van der Waals surface area contributed by atoms with E-state index < -0.39 is 0 Å². The maximum Gasteiger partial charge on any atom is 0.258 e. The summed E-state index contributed by atoms with van der Waals surface area (Å²) in [5.41, 5.74) is 2.53. The molecule has 0 bridgehead atoms. The molecule has 3 aromatic rings. The summed E-state index contributed by atoms with van der Waals surface area (Å²) in [6, 6.07) is 10.3. The van der Waals surface area contributed by atoms with Crippen molar-refractivity contribution >= 4 is 17.3 Å². The molecule has 0 fully saturated rings. The van der Waals surface area contributed by atoms with E-state index in [1.165, 1.54) is 17.0 Å². The maximum atomic E-state index is 12.6. The van der Waals surface area contributed by atoms with E-state index in [9.17, 15) is 4.79 Å². The summed E-state index contributed by atoms with van der Waals surface area (Å²) in [4.78, 5) is 23.2. The van der Waals surface area contributed by atoms with Crippen LogP contribution in [-0.4, -0.2) is 35.7 Å². The van der Waals surface area contributed by atoms with Gasteiger partial charge in [0.05, 0.1) is 29.7 Å². The van der Waals surface area contributed by atoms with Crippen LogP contribution in [0.1, 0.15) is 0 Å². The number of halogens is 1. The topological polar surface area (TPSA) is 60.2 Å². The van der Waals surface area contributed by atoms with Gasteiger partial charge >= 0.3 is 0 Å². The van der Waals surface area contributed by atoms with Gasteiger partial charge in [0.2, 0.25) is 5.88 Å². The molecule has 0 amide bonds. The zero-order valence-electron chi connectivity index (χ0n) is 14.1. The highest BCUT2D eigenvalue weighted by atomic mass is 35.5. The van der Waals surface area contributed by atoms with Gasteiger partial charge in [-0.2, -0.15) is 0 Å². The van der Waals surface area contributed by atoms with E-state index in [2.05, 4.69) is 9.97 Å². The van der Waals surface area contributed by atoms with Gasteiger partial charge < -0.3 is 9.64 Å². The molecule has 0 aliphatic carbocycles. The molecular weight excluding hydrogens is 340 g/mol. The van der Waals surface area contributed by atoms with Crippen molar-refractivity contribution in [1.29, 1.82) is 0 Å². The van der Waals surface area contributed by atoms with Crippen LogP contribution in [0.2, 0.25) is 5.02 Å². The van der Waals surface area contributed by atoms with Crippen LogP contribution in [0.3, 0.4) is 0 Å². The Morgan fingerprint density at radius 2 is 1.84 bits per heavy atom. The first-order valence-corrected chi connectivity index (χ1v) is 7.94. The van der Waals surface area contributed by atoms with Crippen molar-refractivity contribution in [2.24, 2.45) is 0 Å². The molecule has 1 aromatic carbocycles. The SMILES string of the molecule is COc1nccc(N(C)C)c1-c1cc(=O)n(-c2ccc(Cl)cc2)cn1. The number of nitrogens with zero attached hydrogens (tertiary/aromatic N) is 4. The van der Waals surface area contributed by atoms with E-state index in [-0.39, 0.29) is 5.56 Å². The quantitative estimate of drug-likeness (QED) is 0.719. The smallest absolute Gasteiger partial charge is 0.258 e. The molecule has 0 atom stereocenters. The molecule has 0 aliphatic rings. The Morgan fingerprint density at radius 1 is 1.12 bits per heavy atom. The number of hydrogen-bond acceptors (Lipinski definition) is 5. The second-order valence-corrected chi connectivity index (χ2v) is 6.00. The maximum absolute atomic E-state index is 12.6. The van der Waals surface area contributed by atoms with E-state index >= 15 is 0 Å². The van der Waals surface area contributed by atoms with Crippen LogP contribution < -0.4 is 15.2 Å². The normalized spacial score (nSPS) is 10.6. The molecule has 0 saturated carbocycles. The van der Waals surface area contributed by atoms with Gasteiger partial charge in [-0.15, -0.1) is 0 Å². The van der Waals surface area contributed by atoms with Crippen molar-refractivity contribution in [3.05, 3.63) is 64.3 Å². The van der Waals surface area contributed by atoms with Crippen molar-refractivity contribution in [3.8, 4) is 22.8 Å². The second-order valence-electron chi connectivity index (χ2n) is 5.57. The van der Waals surface area contributed by atoms with Crippen molar-refractivity contribution < 1.29 is 4.74 Å². The number of rotatable bonds is 4. The Balaban J connectivity index is 2.13. The standard InChI is InChI=1S/C18H17ClN4O2/c1-22(2)15-8-9-20-18(25-3)17(15)14-10-16(24)23(11-21-14)13-6-4-12(19)5-7-13/h4-11H,1-3H3. The Morgan fingerprint density at radius 3 is 2.44 bits per heavy atom. The van der Waals surface area contributed by atoms with Crippen LogP contribution in [0.15, 0.2) is 53.7 Å². The average Bonchev–Trinajstić information content (AvgIpc) is 2.61. The van der Waals surface area contributed by atoms with E-state index in [4.69, 9.17) is 16.3 Å². The first-order valence-electron chi connectivity index (χ1n) is 7.56. The molecule has 128 valence electrons. The first kappa shape index (κ1) is 17.0. The lowest BCUT2D eigenvalue weighted by atomic mass is 10.1. The molecule has 0 N–H and O–H groups in total. The van der Waals surface area contributed by atoms with Crippen LogP contribution >= 0.6 is 11.6 Å². The molecule has 6 nitrogen and oxygen atoms in total. The predicted octanol–water partition coefficient (Wildman–Crippen LogP) is 3.02. The van der Waals surface area contributed by atoms with E-state index in [1.54, 1.807) is 37.6 Å². The largest absolute Gasteiger partial charge is 0.480 e. The van der Waals surface area contributed by atoms with Crippen LogP contribution in [-0.2, 0) is 0 Å². The Hall–Kier alpha value is -2.86. The van der Waals surface area contributed by atoms with E-state index in [1.807, 2.05) is 25.1 Å². The van der Waals surface area contributed by atoms with Crippen molar-refractivity contribution in [2.75, 3.05) is 26.1 Å². The number of hydrogen-bond donors (Lipinski definition) is 0. The van der Waals surface area contributed by atoms with Gasteiger partial charge in [0.1, 0.15) is 6.33 Å². The van der Waals surface area contributed by atoms with Crippen LogP contribution in [0, 0.1) is 0 Å². The summed E-state index contributed by atoms with van der Waals surface area (Å²) < 4.78 is 6.81. The van der Waals surface area contributed by atoms with Crippen LogP contribution in [0.4, 0.5) is 5.69 Å². The highest BCUT2D eigenvalue weighted by Gasteiger charge is 2.17. The van der Waals surface area contributed by atoms with Gasteiger partial charge in [-0.05, 0) is 30.3 Å². The highest BCUT2D eigenvalue weighted by Crippen LogP contribution is 2.34. The predicted molar refractivity (Wildman–Crippen MR) is 99.0 cm³/mol. The molecule has 2 heterocycles. The van der Waals surface area contributed by atoms with E-state index in [0.717, 1.165) is 5.69 Å². The number of benzene rings is 1. The number of pyridine rings is 1. The third-order valence-corrected chi connectivity index (χ3v) is 3.99. The zero-order valence-corrected chi connectivity index (χ0v) is 14.9. The van der Waals surface area contributed by atoms with Crippen molar-refractivity contribution in [1.82, 2.24) is 14.5 Å². The number of aromatic nitrogens is 3. The summed E-state index contributed by atoms with van der Waals surface area (Å²) in [5.74, 6) is 0.419. The Labute approximate surface area is 150 Å². The van der Waals surface area contributed by atoms with Crippen LogP contribution in [0.25, 0.3) is 16.9 Å². The summed E-state index contributed by atoms with van der Waals surface area (Å²) in [6.07, 6.45) is 3.15. The van der Waals surface area contributed by atoms with Crippen molar-refractivity contribution in [2.45, 2.75) is 0 Å². The minimum atomic E-state index is -0.206. The zero-order chi connectivity index (χ0) is 18.0. The van der Waals surface area contributed by atoms with Gasteiger partial charge in [-0.3, -0.25) is 9.36 Å². The first-order chi connectivity index (χ1) is 12.0. The minimum Gasteiger partial charge on any atom is -0.480 e. The minimum absolute atomic E-state index is 0.206. The molecule has 7 heteroatoms. The molecule has 3 rings (SSSR count). The lowest BCUT2D eigenvalue weighted by Gasteiger charge is -2.18. The number of ether oxygens (including phenoxy) is 1. The number of anilines is 1. The Bertz CT molecular complexity index is 952. The molecule has 0 unspecified atom stereocenters. The van der Waals surface area contributed by atoms with Crippen molar-refractivity contribution in [3.63, 3.8) is 0 Å². The molecule has 0 aliphatic heterocycles. The number of methoxy groups -OCH3 is 1. The van der Waals surface area contributed by atoms with Crippen LogP contribution in [0.5, 0.6) is 5.88 Å². The second kappa shape index (κ2) is 6.94. The third kappa shape index (κ3) is 3.34. The van der Waals surface area contributed by atoms with Gasteiger partial charge in [-0.25, -0.2) is 9.97 Å². The molecule has 0 saturated heterocycles. The fourth-order valence-electron chi connectivity index (χ4n) is 2.53. The van der Waals surface area contributed by atoms with Gasteiger partial charge in [0, 0.05) is 31.4 Å². The lowest BCUT2D eigenvalue weighted by molar-refractivity contribution is 0.399. The lowest BCUT2D eigenvalue weighted by Crippen LogP contribution is -2.18. The van der Waals surface area contributed by atoms with E-state index in [0.29, 0.717) is 27.8 Å².